The number of hydrogen-bond acceptors (Lipinski definition) is 5. The van der Waals surface area contributed by atoms with E-state index in [4.69, 9.17) is 4.74 Å². The Morgan fingerprint density at radius 2 is 1.55 bits per heavy atom. The highest BCUT2D eigenvalue weighted by Gasteiger charge is 2.13. The van der Waals surface area contributed by atoms with Gasteiger partial charge in [0.25, 0.3) is 5.91 Å². The summed E-state index contributed by atoms with van der Waals surface area (Å²) in [4.78, 5) is 38.1. The molecular formula is C23H26N2O4. The molecule has 2 aromatic rings. The maximum atomic E-state index is 12.0. The summed E-state index contributed by atoms with van der Waals surface area (Å²) < 4.78 is 4.97. The zero-order chi connectivity index (χ0) is 20.5. The lowest BCUT2D eigenvalue weighted by Gasteiger charge is -2.28. The van der Waals surface area contributed by atoms with Gasteiger partial charge in [-0.1, -0.05) is 30.3 Å². The Kier molecular flexibility index (Phi) is 7.39. The standard InChI is InChI=1S/C23H26N2O4/c26-21(18-7-3-1-4-8-18)13-14-23(28)29-17-22(27)24-19-9-11-20(12-10-19)25-15-5-2-6-16-25/h1,3-4,7-12H,2,5-6,13-17H2,(H,24,27). The molecule has 0 aliphatic carbocycles. The summed E-state index contributed by atoms with van der Waals surface area (Å²) in [6.45, 7) is 1.76. The van der Waals surface area contributed by atoms with Crippen LogP contribution in [-0.2, 0) is 14.3 Å². The minimum Gasteiger partial charge on any atom is -0.456 e. The number of ketones is 1. The molecule has 1 fully saturated rings. The van der Waals surface area contributed by atoms with E-state index >= 15 is 0 Å². The van der Waals surface area contributed by atoms with Crippen LogP contribution < -0.4 is 10.2 Å². The Balaban J connectivity index is 1.38. The minimum absolute atomic E-state index is 0.0501. The van der Waals surface area contributed by atoms with Gasteiger partial charge in [0, 0.05) is 36.4 Å². The summed E-state index contributed by atoms with van der Waals surface area (Å²) in [7, 11) is 0. The van der Waals surface area contributed by atoms with Crippen molar-refractivity contribution in [3.8, 4) is 0 Å². The van der Waals surface area contributed by atoms with Crippen molar-refractivity contribution in [2.24, 2.45) is 0 Å². The fourth-order valence-corrected chi connectivity index (χ4v) is 3.31. The smallest absolute Gasteiger partial charge is 0.306 e. The van der Waals surface area contributed by atoms with Crippen molar-refractivity contribution < 1.29 is 19.1 Å². The first-order valence-corrected chi connectivity index (χ1v) is 10.0. The van der Waals surface area contributed by atoms with Crippen molar-refractivity contribution in [3.63, 3.8) is 0 Å². The topological polar surface area (TPSA) is 75.7 Å². The molecule has 1 aliphatic rings. The van der Waals surface area contributed by atoms with E-state index in [0.717, 1.165) is 18.8 Å². The van der Waals surface area contributed by atoms with Gasteiger partial charge in [0.1, 0.15) is 0 Å². The third-order valence-electron chi connectivity index (χ3n) is 4.89. The highest BCUT2D eigenvalue weighted by atomic mass is 16.5. The van der Waals surface area contributed by atoms with Crippen LogP contribution in [0.5, 0.6) is 0 Å². The monoisotopic (exact) mass is 394 g/mol. The first-order chi connectivity index (χ1) is 14.1. The lowest BCUT2D eigenvalue weighted by Crippen LogP contribution is -2.29. The van der Waals surface area contributed by atoms with Crippen LogP contribution in [0.2, 0.25) is 0 Å². The molecule has 1 amide bonds. The van der Waals surface area contributed by atoms with Gasteiger partial charge >= 0.3 is 5.97 Å². The molecule has 152 valence electrons. The third kappa shape index (κ3) is 6.45. The van der Waals surface area contributed by atoms with Crippen molar-refractivity contribution in [3.05, 3.63) is 60.2 Å². The van der Waals surface area contributed by atoms with Crippen LogP contribution in [-0.4, -0.2) is 37.4 Å². The van der Waals surface area contributed by atoms with E-state index in [1.54, 1.807) is 24.3 Å². The molecule has 1 saturated heterocycles. The van der Waals surface area contributed by atoms with Crippen LogP contribution in [0.1, 0.15) is 42.5 Å². The van der Waals surface area contributed by atoms with Gasteiger partial charge in [0.2, 0.25) is 0 Å². The van der Waals surface area contributed by atoms with Crippen molar-refractivity contribution >= 4 is 29.0 Å². The number of amides is 1. The molecule has 0 radical (unpaired) electrons. The number of hydrogen-bond donors (Lipinski definition) is 1. The van der Waals surface area contributed by atoms with E-state index in [9.17, 15) is 14.4 Å². The maximum absolute atomic E-state index is 12.0. The van der Waals surface area contributed by atoms with E-state index in [2.05, 4.69) is 10.2 Å². The number of benzene rings is 2. The number of nitrogens with zero attached hydrogens (tertiary/aromatic N) is 1. The molecule has 6 heteroatoms. The van der Waals surface area contributed by atoms with Crippen LogP contribution in [0.3, 0.4) is 0 Å². The van der Waals surface area contributed by atoms with Crippen LogP contribution >= 0.6 is 0 Å². The van der Waals surface area contributed by atoms with Crippen LogP contribution in [0, 0.1) is 0 Å². The van der Waals surface area contributed by atoms with Crippen molar-refractivity contribution in [2.75, 3.05) is 29.9 Å². The van der Waals surface area contributed by atoms with Gasteiger partial charge in [-0.25, -0.2) is 0 Å². The second-order valence-electron chi connectivity index (χ2n) is 7.09. The number of rotatable bonds is 8. The predicted octanol–water partition coefficient (Wildman–Crippen LogP) is 3.82. The van der Waals surface area contributed by atoms with Crippen LogP contribution in [0.4, 0.5) is 11.4 Å². The molecule has 0 bridgehead atoms. The van der Waals surface area contributed by atoms with Crippen molar-refractivity contribution in [2.45, 2.75) is 32.1 Å². The fraction of sp³-hybridized carbons (Fsp3) is 0.348. The van der Waals surface area contributed by atoms with Gasteiger partial charge in [0.15, 0.2) is 12.4 Å². The Hall–Kier alpha value is -3.15. The van der Waals surface area contributed by atoms with Gasteiger partial charge in [-0.3, -0.25) is 14.4 Å². The largest absolute Gasteiger partial charge is 0.456 e. The molecular weight excluding hydrogens is 368 g/mol. The summed E-state index contributed by atoms with van der Waals surface area (Å²) >= 11 is 0. The molecule has 0 saturated carbocycles. The number of carbonyl (C=O) groups is 3. The minimum atomic E-state index is -0.565. The highest BCUT2D eigenvalue weighted by Crippen LogP contribution is 2.21. The Bertz CT molecular complexity index is 828. The fourth-order valence-electron chi connectivity index (χ4n) is 3.31. The zero-order valence-corrected chi connectivity index (χ0v) is 16.4. The van der Waals surface area contributed by atoms with Crippen molar-refractivity contribution in [1.82, 2.24) is 0 Å². The molecule has 0 unspecified atom stereocenters. The van der Waals surface area contributed by atoms with E-state index < -0.39 is 11.9 Å². The third-order valence-corrected chi connectivity index (χ3v) is 4.89. The molecule has 0 aromatic heterocycles. The van der Waals surface area contributed by atoms with Crippen molar-refractivity contribution in [1.29, 1.82) is 0 Å². The molecule has 3 rings (SSSR count). The second-order valence-corrected chi connectivity index (χ2v) is 7.09. The maximum Gasteiger partial charge on any atom is 0.306 e. The molecule has 1 heterocycles. The lowest BCUT2D eigenvalue weighted by molar-refractivity contribution is -0.147. The molecule has 0 atom stereocenters. The second kappa shape index (κ2) is 10.4. The lowest BCUT2D eigenvalue weighted by atomic mass is 10.1. The van der Waals surface area contributed by atoms with E-state index in [0.29, 0.717) is 11.3 Å². The SMILES string of the molecule is O=C(COC(=O)CCC(=O)c1ccccc1)Nc1ccc(N2CCCCC2)cc1. The van der Waals surface area contributed by atoms with Crippen LogP contribution in [0.15, 0.2) is 54.6 Å². The average molecular weight is 394 g/mol. The summed E-state index contributed by atoms with van der Waals surface area (Å²) in [6.07, 6.45) is 3.71. The summed E-state index contributed by atoms with van der Waals surface area (Å²) in [5.74, 6) is -1.09. The number of carbonyl (C=O) groups excluding carboxylic acids is 3. The predicted molar refractivity (Wildman–Crippen MR) is 112 cm³/mol. The Morgan fingerprint density at radius 1 is 0.862 bits per heavy atom. The van der Waals surface area contributed by atoms with E-state index in [1.165, 1.54) is 19.3 Å². The Morgan fingerprint density at radius 3 is 2.24 bits per heavy atom. The number of anilines is 2. The summed E-state index contributed by atoms with van der Waals surface area (Å²) in [5, 5.41) is 2.72. The highest BCUT2D eigenvalue weighted by molar-refractivity contribution is 5.98. The first-order valence-electron chi connectivity index (χ1n) is 10.0. The number of esters is 1. The molecule has 1 N–H and O–H groups in total. The molecule has 2 aromatic carbocycles. The van der Waals surface area contributed by atoms with Gasteiger partial charge < -0.3 is 15.0 Å². The normalized spacial score (nSPS) is 13.6. The Labute approximate surface area is 170 Å². The van der Waals surface area contributed by atoms with Gasteiger partial charge in [-0.05, 0) is 43.5 Å². The zero-order valence-electron chi connectivity index (χ0n) is 16.4. The van der Waals surface area contributed by atoms with Gasteiger partial charge in [0.05, 0.1) is 6.42 Å². The molecule has 29 heavy (non-hydrogen) atoms. The average Bonchev–Trinajstić information content (AvgIpc) is 2.78. The number of nitrogens with one attached hydrogen (secondary N) is 1. The first kappa shape index (κ1) is 20.6. The number of ether oxygens (including phenoxy) is 1. The van der Waals surface area contributed by atoms with E-state index in [-0.39, 0.29) is 25.2 Å². The molecule has 6 nitrogen and oxygen atoms in total. The molecule has 0 spiro atoms. The quantitative estimate of drug-likeness (QED) is 0.544. The number of Topliss-reactive ketones (excluding diaryl/α,β-unsaturated/α-hetero) is 1. The summed E-state index contributed by atoms with van der Waals surface area (Å²) in [5.41, 5.74) is 2.37. The molecule has 1 aliphatic heterocycles. The summed E-state index contributed by atoms with van der Waals surface area (Å²) in [6, 6.07) is 16.5. The van der Waals surface area contributed by atoms with E-state index in [1.807, 2.05) is 30.3 Å². The van der Waals surface area contributed by atoms with Gasteiger partial charge in [-0.15, -0.1) is 0 Å². The van der Waals surface area contributed by atoms with Crippen LogP contribution in [0.25, 0.3) is 0 Å². The van der Waals surface area contributed by atoms with Gasteiger partial charge in [-0.2, -0.15) is 0 Å². The number of piperidine rings is 1.